The minimum atomic E-state index is -3.70. The molecule has 0 radical (unpaired) electrons. The van der Waals surface area contributed by atoms with E-state index in [1.54, 1.807) is 0 Å². The van der Waals surface area contributed by atoms with Gasteiger partial charge in [0, 0.05) is 24.9 Å². The summed E-state index contributed by atoms with van der Waals surface area (Å²) in [4.78, 5) is -0.0318. The summed E-state index contributed by atoms with van der Waals surface area (Å²) < 4.78 is 32.3. The number of nitrogen functional groups attached to an aromatic ring is 1. The van der Waals surface area contributed by atoms with Crippen LogP contribution in [0.4, 0.5) is 5.69 Å². The average Bonchev–Trinajstić information content (AvgIpc) is 2.38. The first-order chi connectivity index (χ1) is 9.03. The molecule has 0 spiro atoms. The average molecular weight is 281 g/mol. The molecule has 0 bridgehead atoms. The normalized spacial score (nSPS) is 17.0. The van der Waals surface area contributed by atoms with Gasteiger partial charge in [-0.1, -0.05) is 0 Å². The van der Waals surface area contributed by atoms with E-state index in [0.29, 0.717) is 31.7 Å². The van der Waals surface area contributed by atoms with Crippen molar-refractivity contribution < 1.29 is 13.2 Å². The van der Waals surface area contributed by atoms with Crippen molar-refractivity contribution in [2.45, 2.75) is 23.8 Å². The van der Waals surface area contributed by atoms with Gasteiger partial charge in [-0.25, -0.2) is 13.1 Å². The number of hydrogen-bond donors (Lipinski definition) is 2. The van der Waals surface area contributed by atoms with E-state index in [2.05, 4.69) is 4.72 Å². The molecule has 2 rings (SSSR count). The van der Waals surface area contributed by atoms with Gasteiger partial charge in [-0.05, 0) is 31.0 Å². The Balaban J connectivity index is 2.26. The third kappa shape index (κ3) is 3.23. The van der Waals surface area contributed by atoms with Crippen molar-refractivity contribution in [3.05, 3.63) is 23.8 Å². The highest BCUT2D eigenvalue weighted by molar-refractivity contribution is 7.89. The van der Waals surface area contributed by atoms with Gasteiger partial charge in [0.1, 0.15) is 6.07 Å². The molecule has 0 unspecified atom stereocenters. The Labute approximate surface area is 112 Å². The van der Waals surface area contributed by atoms with Crippen molar-refractivity contribution in [3.63, 3.8) is 0 Å². The summed E-state index contributed by atoms with van der Waals surface area (Å²) in [7, 11) is -3.70. The lowest BCUT2D eigenvalue weighted by Crippen LogP contribution is -2.39. The van der Waals surface area contributed by atoms with Crippen LogP contribution in [0.3, 0.4) is 0 Å². The van der Waals surface area contributed by atoms with E-state index in [1.165, 1.54) is 18.2 Å². The van der Waals surface area contributed by atoms with Crippen LogP contribution >= 0.6 is 0 Å². The molecule has 0 atom stereocenters. The molecule has 19 heavy (non-hydrogen) atoms. The fourth-order valence-electron chi connectivity index (χ4n) is 1.97. The highest BCUT2D eigenvalue weighted by Gasteiger charge is 2.24. The molecule has 7 heteroatoms. The van der Waals surface area contributed by atoms with Crippen LogP contribution in [0.2, 0.25) is 0 Å². The summed E-state index contributed by atoms with van der Waals surface area (Å²) in [5.74, 6) is 0. The van der Waals surface area contributed by atoms with Gasteiger partial charge in [-0.3, -0.25) is 0 Å². The second-order valence-electron chi connectivity index (χ2n) is 4.38. The Hall–Kier alpha value is -1.62. The van der Waals surface area contributed by atoms with Crippen LogP contribution in [-0.4, -0.2) is 27.7 Å². The molecular formula is C12H15N3O3S. The number of sulfonamides is 1. The molecule has 0 aliphatic carbocycles. The van der Waals surface area contributed by atoms with Crippen LogP contribution in [0.25, 0.3) is 0 Å². The van der Waals surface area contributed by atoms with Crippen molar-refractivity contribution in [3.8, 4) is 6.07 Å². The maximum absolute atomic E-state index is 12.2. The van der Waals surface area contributed by atoms with E-state index in [-0.39, 0.29) is 16.5 Å². The number of ether oxygens (including phenoxy) is 1. The second kappa shape index (κ2) is 5.57. The molecule has 1 aromatic rings. The molecule has 0 aromatic heterocycles. The number of nitrogens with one attached hydrogen (secondary N) is 1. The van der Waals surface area contributed by atoms with Gasteiger partial charge >= 0.3 is 0 Å². The zero-order chi connectivity index (χ0) is 13.9. The van der Waals surface area contributed by atoms with Crippen molar-refractivity contribution in [2.75, 3.05) is 18.9 Å². The Morgan fingerprint density at radius 3 is 2.68 bits per heavy atom. The molecule has 0 saturated carbocycles. The maximum atomic E-state index is 12.2. The van der Waals surface area contributed by atoms with Crippen LogP contribution in [0.5, 0.6) is 0 Å². The Bertz CT molecular complexity index is 601. The summed E-state index contributed by atoms with van der Waals surface area (Å²) in [6, 6.07) is 5.89. The summed E-state index contributed by atoms with van der Waals surface area (Å²) in [6.07, 6.45) is 1.27. The molecule has 0 amide bonds. The van der Waals surface area contributed by atoms with Crippen molar-refractivity contribution in [2.24, 2.45) is 0 Å². The number of nitrogens with two attached hydrogens (primary N) is 1. The van der Waals surface area contributed by atoms with Crippen molar-refractivity contribution in [1.29, 1.82) is 5.26 Å². The van der Waals surface area contributed by atoms with Gasteiger partial charge in [-0.2, -0.15) is 5.26 Å². The Morgan fingerprint density at radius 2 is 2.05 bits per heavy atom. The first-order valence-corrected chi connectivity index (χ1v) is 7.41. The van der Waals surface area contributed by atoms with E-state index >= 15 is 0 Å². The molecule has 1 aliphatic rings. The SMILES string of the molecule is N#Cc1cc(N)ccc1S(=O)(=O)NC1CCOCC1. The number of rotatable bonds is 3. The van der Waals surface area contributed by atoms with Crippen LogP contribution in [0.15, 0.2) is 23.1 Å². The van der Waals surface area contributed by atoms with E-state index in [1.807, 2.05) is 6.07 Å². The zero-order valence-electron chi connectivity index (χ0n) is 10.3. The van der Waals surface area contributed by atoms with E-state index in [0.717, 1.165) is 0 Å². The standard InChI is InChI=1S/C12H15N3O3S/c13-8-9-7-10(14)1-2-12(9)19(16,17)15-11-3-5-18-6-4-11/h1-2,7,11,15H,3-6,14H2. The van der Waals surface area contributed by atoms with Crippen LogP contribution in [-0.2, 0) is 14.8 Å². The molecule has 102 valence electrons. The van der Waals surface area contributed by atoms with Gasteiger partial charge in [0.2, 0.25) is 10.0 Å². The quantitative estimate of drug-likeness (QED) is 0.789. The van der Waals surface area contributed by atoms with Gasteiger partial charge in [-0.15, -0.1) is 0 Å². The van der Waals surface area contributed by atoms with Crippen LogP contribution in [0.1, 0.15) is 18.4 Å². The van der Waals surface area contributed by atoms with Gasteiger partial charge in [0.25, 0.3) is 0 Å². The number of benzene rings is 1. The predicted molar refractivity (Wildman–Crippen MR) is 69.7 cm³/mol. The van der Waals surface area contributed by atoms with Gasteiger partial charge in [0.05, 0.1) is 10.5 Å². The molecule has 6 nitrogen and oxygen atoms in total. The highest BCUT2D eigenvalue weighted by Crippen LogP contribution is 2.19. The van der Waals surface area contributed by atoms with Crippen molar-refractivity contribution >= 4 is 15.7 Å². The van der Waals surface area contributed by atoms with Gasteiger partial charge < -0.3 is 10.5 Å². The number of hydrogen-bond acceptors (Lipinski definition) is 5. The lowest BCUT2D eigenvalue weighted by Gasteiger charge is -2.23. The first-order valence-electron chi connectivity index (χ1n) is 5.92. The molecule has 1 saturated heterocycles. The minimum Gasteiger partial charge on any atom is -0.399 e. The Kier molecular flexibility index (Phi) is 4.04. The third-order valence-corrected chi connectivity index (χ3v) is 4.54. The number of nitrogens with zero attached hydrogens (tertiary/aromatic N) is 1. The summed E-state index contributed by atoms with van der Waals surface area (Å²) in [5.41, 5.74) is 5.97. The minimum absolute atomic E-state index is 0.0318. The van der Waals surface area contributed by atoms with Crippen LogP contribution in [0, 0.1) is 11.3 Å². The number of nitriles is 1. The van der Waals surface area contributed by atoms with Crippen molar-refractivity contribution in [1.82, 2.24) is 4.72 Å². The van der Waals surface area contributed by atoms with E-state index in [9.17, 15) is 8.42 Å². The smallest absolute Gasteiger partial charge is 0.242 e. The fraction of sp³-hybridized carbons (Fsp3) is 0.417. The third-order valence-electron chi connectivity index (χ3n) is 2.96. The van der Waals surface area contributed by atoms with E-state index < -0.39 is 10.0 Å². The van der Waals surface area contributed by atoms with Gasteiger partial charge in [0.15, 0.2) is 0 Å². The molecule has 1 heterocycles. The highest BCUT2D eigenvalue weighted by atomic mass is 32.2. The maximum Gasteiger partial charge on any atom is 0.242 e. The number of anilines is 1. The molecule has 1 fully saturated rings. The lowest BCUT2D eigenvalue weighted by molar-refractivity contribution is 0.0832. The second-order valence-corrected chi connectivity index (χ2v) is 6.06. The van der Waals surface area contributed by atoms with Crippen LogP contribution < -0.4 is 10.5 Å². The zero-order valence-corrected chi connectivity index (χ0v) is 11.1. The van der Waals surface area contributed by atoms with E-state index in [4.69, 9.17) is 15.7 Å². The topological polar surface area (TPSA) is 105 Å². The monoisotopic (exact) mass is 281 g/mol. The molecule has 1 aliphatic heterocycles. The fourth-order valence-corrected chi connectivity index (χ4v) is 3.41. The molecular weight excluding hydrogens is 266 g/mol. The summed E-state index contributed by atoms with van der Waals surface area (Å²) in [5, 5.41) is 8.99. The largest absolute Gasteiger partial charge is 0.399 e. The summed E-state index contributed by atoms with van der Waals surface area (Å²) in [6.45, 7) is 1.08. The lowest BCUT2D eigenvalue weighted by atomic mass is 10.1. The predicted octanol–water partition coefficient (Wildman–Crippen LogP) is 0.598. The molecule has 1 aromatic carbocycles. The summed E-state index contributed by atoms with van der Waals surface area (Å²) >= 11 is 0. The first kappa shape index (κ1) is 13.8. The molecule has 3 N–H and O–H groups in total. The Morgan fingerprint density at radius 1 is 1.37 bits per heavy atom.